The Morgan fingerprint density at radius 2 is 1.84 bits per heavy atom. The van der Waals surface area contributed by atoms with Crippen molar-refractivity contribution in [2.24, 2.45) is 0 Å². The predicted octanol–water partition coefficient (Wildman–Crippen LogP) is 3.51. The number of rotatable bonds is 4. The zero-order valence-electron chi connectivity index (χ0n) is 15.5. The fourth-order valence-corrected chi connectivity index (χ4v) is 4.44. The largest absolute Gasteiger partial charge is 0.476 e. The number of nitriles is 1. The molecule has 4 rings (SSSR count). The summed E-state index contributed by atoms with van der Waals surface area (Å²) in [6, 6.07) is 8.83. The van der Waals surface area contributed by atoms with Gasteiger partial charge in [0.1, 0.15) is 17.4 Å². The molecule has 4 amide bonds. The van der Waals surface area contributed by atoms with Crippen molar-refractivity contribution in [3.63, 3.8) is 0 Å². The summed E-state index contributed by atoms with van der Waals surface area (Å²) in [4.78, 5) is 38.7. The van der Waals surface area contributed by atoms with Gasteiger partial charge in [-0.3, -0.25) is 14.9 Å². The molecule has 11 heteroatoms. The standard InChI is InChI=1S/C20H11Br2N3O6/c21-13-6-10(7-14(22)17(13)29-4-3-23)5-12-18(26)24-20(28)25(19(12)27)11-1-2-15-16(8-11)31-9-30-15/h1-2,5-8H,4,9H2,(H,24,26,28)/b12-5+. The minimum absolute atomic E-state index is 0.0421. The smallest absolute Gasteiger partial charge is 0.335 e. The maximum atomic E-state index is 13.0. The van der Waals surface area contributed by atoms with E-state index in [4.69, 9.17) is 19.5 Å². The van der Waals surface area contributed by atoms with Crippen molar-refractivity contribution >= 4 is 61.5 Å². The van der Waals surface area contributed by atoms with Gasteiger partial charge < -0.3 is 14.2 Å². The van der Waals surface area contributed by atoms with Crippen LogP contribution in [0.3, 0.4) is 0 Å². The lowest BCUT2D eigenvalue weighted by atomic mass is 10.1. The van der Waals surface area contributed by atoms with Gasteiger partial charge in [-0.25, -0.2) is 9.69 Å². The fourth-order valence-electron chi connectivity index (χ4n) is 2.99. The number of halogens is 2. The van der Waals surface area contributed by atoms with Crippen LogP contribution in [0, 0.1) is 11.3 Å². The van der Waals surface area contributed by atoms with Gasteiger partial charge in [0.05, 0.1) is 14.6 Å². The number of amides is 4. The molecule has 1 N–H and O–H groups in total. The maximum Gasteiger partial charge on any atom is 0.335 e. The molecular weight excluding hydrogens is 538 g/mol. The van der Waals surface area contributed by atoms with Crippen molar-refractivity contribution in [1.82, 2.24) is 5.32 Å². The van der Waals surface area contributed by atoms with Crippen LogP contribution in [0.2, 0.25) is 0 Å². The third kappa shape index (κ3) is 3.99. The predicted molar refractivity (Wildman–Crippen MR) is 115 cm³/mol. The summed E-state index contributed by atoms with van der Waals surface area (Å²) in [5, 5.41) is 10.9. The van der Waals surface area contributed by atoms with Crippen LogP contribution >= 0.6 is 31.9 Å². The minimum atomic E-state index is -0.867. The molecular formula is C20H11Br2N3O6. The van der Waals surface area contributed by atoms with E-state index in [9.17, 15) is 14.4 Å². The molecule has 156 valence electrons. The molecule has 0 aromatic heterocycles. The lowest BCUT2D eigenvalue weighted by Gasteiger charge is -2.26. The highest BCUT2D eigenvalue weighted by Crippen LogP contribution is 2.37. The number of carbonyl (C=O) groups is 3. The van der Waals surface area contributed by atoms with Crippen LogP contribution in [0.25, 0.3) is 6.08 Å². The molecule has 1 saturated heterocycles. The normalized spacial score (nSPS) is 16.4. The van der Waals surface area contributed by atoms with Crippen molar-refractivity contribution in [1.29, 1.82) is 5.26 Å². The lowest BCUT2D eigenvalue weighted by Crippen LogP contribution is -2.54. The van der Waals surface area contributed by atoms with E-state index < -0.39 is 17.8 Å². The summed E-state index contributed by atoms with van der Waals surface area (Å²) in [7, 11) is 0. The summed E-state index contributed by atoms with van der Waals surface area (Å²) < 4.78 is 16.9. The quantitative estimate of drug-likeness (QED) is 0.459. The fraction of sp³-hybridized carbons (Fsp3) is 0.100. The monoisotopic (exact) mass is 547 g/mol. The number of hydrogen-bond donors (Lipinski definition) is 1. The average Bonchev–Trinajstić information content (AvgIpc) is 3.18. The number of barbiturate groups is 1. The molecule has 2 aliphatic heterocycles. The number of anilines is 1. The van der Waals surface area contributed by atoms with E-state index >= 15 is 0 Å². The Morgan fingerprint density at radius 1 is 1.13 bits per heavy atom. The molecule has 0 atom stereocenters. The number of fused-ring (bicyclic) bond motifs is 1. The molecule has 0 saturated carbocycles. The number of carbonyl (C=O) groups excluding carboxylic acids is 3. The first-order valence-corrected chi connectivity index (χ1v) is 10.3. The highest BCUT2D eigenvalue weighted by atomic mass is 79.9. The molecule has 2 aliphatic rings. The van der Waals surface area contributed by atoms with Gasteiger partial charge in [-0.05, 0) is 67.8 Å². The Hall–Kier alpha value is -3.36. The number of imide groups is 2. The third-order valence-electron chi connectivity index (χ3n) is 4.33. The van der Waals surface area contributed by atoms with Crippen LogP contribution in [0.5, 0.6) is 17.2 Å². The molecule has 0 aliphatic carbocycles. The third-order valence-corrected chi connectivity index (χ3v) is 5.51. The summed E-state index contributed by atoms with van der Waals surface area (Å²) >= 11 is 6.68. The second kappa shape index (κ2) is 8.41. The minimum Gasteiger partial charge on any atom is -0.476 e. The molecule has 9 nitrogen and oxygen atoms in total. The molecule has 2 aromatic rings. The van der Waals surface area contributed by atoms with E-state index in [2.05, 4.69) is 37.2 Å². The number of nitrogens with zero attached hydrogens (tertiary/aromatic N) is 2. The molecule has 0 bridgehead atoms. The van der Waals surface area contributed by atoms with Crippen LogP contribution in [0.4, 0.5) is 10.5 Å². The van der Waals surface area contributed by atoms with Crippen LogP contribution in [-0.2, 0) is 9.59 Å². The Kier molecular flexibility index (Phi) is 5.67. The number of urea groups is 1. The Bertz CT molecular complexity index is 1180. The maximum absolute atomic E-state index is 13.0. The Labute approximate surface area is 192 Å². The zero-order valence-corrected chi connectivity index (χ0v) is 18.7. The van der Waals surface area contributed by atoms with Crippen LogP contribution in [0.15, 0.2) is 44.9 Å². The van der Waals surface area contributed by atoms with E-state index in [-0.39, 0.29) is 24.7 Å². The van der Waals surface area contributed by atoms with Crippen molar-refractivity contribution in [2.45, 2.75) is 0 Å². The summed E-state index contributed by atoms with van der Waals surface area (Å²) in [5.41, 5.74) is 0.482. The highest BCUT2D eigenvalue weighted by Gasteiger charge is 2.37. The van der Waals surface area contributed by atoms with Gasteiger partial charge in [0.2, 0.25) is 6.79 Å². The van der Waals surface area contributed by atoms with E-state index in [1.807, 2.05) is 6.07 Å². The Morgan fingerprint density at radius 3 is 2.55 bits per heavy atom. The molecule has 0 radical (unpaired) electrons. The van der Waals surface area contributed by atoms with Gasteiger partial charge in [-0.15, -0.1) is 0 Å². The number of benzene rings is 2. The van der Waals surface area contributed by atoms with E-state index in [1.54, 1.807) is 18.2 Å². The van der Waals surface area contributed by atoms with Gasteiger partial charge >= 0.3 is 6.03 Å². The van der Waals surface area contributed by atoms with Gasteiger partial charge in [0.25, 0.3) is 11.8 Å². The zero-order chi connectivity index (χ0) is 22.1. The number of nitrogens with one attached hydrogen (secondary N) is 1. The van der Waals surface area contributed by atoms with E-state index in [0.717, 1.165) is 4.90 Å². The van der Waals surface area contributed by atoms with Gasteiger partial charge in [0.15, 0.2) is 18.1 Å². The number of hydrogen-bond acceptors (Lipinski definition) is 7. The average molecular weight is 549 g/mol. The molecule has 1 fully saturated rings. The van der Waals surface area contributed by atoms with Crippen LogP contribution in [-0.4, -0.2) is 31.2 Å². The second-order valence-electron chi connectivity index (χ2n) is 6.26. The summed E-state index contributed by atoms with van der Waals surface area (Å²) in [6.07, 6.45) is 1.35. The molecule has 0 unspecified atom stereocenters. The Balaban J connectivity index is 1.69. The van der Waals surface area contributed by atoms with Gasteiger partial charge in [0, 0.05) is 6.07 Å². The molecule has 2 heterocycles. The van der Waals surface area contributed by atoms with Crippen molar-refractivity contribution in [3.05, 3.63) is 50.4 Å². The summed E-state index contributed by atoms with van der Waals surface area (Å²) in [6.45, 7) is -0.106. The number of ether oxygens (including phenoxy) is 3. The summed E-state index contributed by atoms with van der Waals surface area (Å²) in [5.74, 6) is -0.316. The van der Waals surface area contributed by atoms with Crippen LogP contribution < -0.4 is 24.4 Å². The first kappa shape index (κ1) is 20.9. The van der Waals surface area contributed by atoms with Gasteiger partial charge in [-0.2, -0.15) is 5.26 Å². The SMILES string of the molecule is N#CCOc1c(Br)cc(/C=C2\C(=O)NC(=O)N(c3ccc4c(c3)OCO4)C2=O)cc1Br. The first-order valence-electron chi connectivity index (χ1n) is 8.69. The first-order chi connectivity index (χ1) is 14.9. The van der Waals surface area contributed by atoms with Gasteiger partial charge in [-0.1, -0.05) is 0 Å². The second-order valence-corrected chi connectivity index (χ2v) is 7.96. The lowest BCUT2D eigenvalue weighted by molar-refractivity contribution is -0.122. The van der Waals surface area contributed by atoms with E-state index in [1.165, 1.54) is 18.2 Å². The van der Waals surface area contributed by atoms with Crippen molar-refractivity contribution < 1.29 is 28.6 Å². The molecule has 0 spiro atoms. The van der Waals surface area contributed by atoms with E-state index in [0.29, 0.717) is 31.8 Å². The molecule has 2 aromatic carbocycles. The highest BCUT2D eigenvalue weighted by molar-refractivity contribution is 9.11. The van der Waals surface area contributed by atoms with Crippen molar-refractivity contribution in [3.8, 4) is 23.3 Å². The van der Waals surface area contributed by atoms with Crippen molar-refractivity contribution in [2.75, 3.05) is 18.3 Å². The van der Waals surface area contributed by atoms with Crippen LogP contribution in [0.1, 0.15) is 5.56 Å². The molecule has 31 heavy (non-hydrogen) atoms. The topological polar surface area (TPSA) is 118 Å².